The Labute approximate surface area is 255 Å². The van der Waals surface area contributed by atoms with Crippen LogP contribution in [0.15, 0.2) is 70.7 Å². The number of anilines is 3. The highest BCUT2D eigenvalue weighted by Gasteiger charge is 2.38. The third-order valence-corrected chi connectivity index (χ3v) is 8.36. The molecule has 44 heavy (non-hydrogen) atoms. The van der Waals surface area contributed by atoms with E-state index in [0.29, 0.717) is 59.3 Å². The Bertz CT molecular complexity index is 1710. The number of benzene rings is 1. The number of aliphatic hydroxyl groups excluding tert-OH is 1. The van der Waals surface area contributed by atoms with Gasteiger partial charge in [-0.2, -0.15) is 0 Å². The second kappa shape index (κ2) is 12.3. The van der Waals surface area contributed by atoms with Gasteiger partial charge in [0.05, 0.1) is 12.8 Å². The number of hydrogen-bond acceptors (Lipinski definition) is 9. The Kier molecular flexibility index (Phi) is 8.24. The van der Waals surface area contributed by atoms with Crippen molar-refractivity contribution in [3.63, 3.8) is 0 Å². The Balaban J connectivity index is 1.30. The van der Waals surface area contributed by atoms with Crippen LogP contribution in [0.5, 0.6) is 5.75 Å². The monoisotopic (exact) mass is 600 g/mol. The summed E-state index contributed by atoms with van der Waals surface area (Å²) in [5.74, 6) is 0.619. The Hall–Kier alpha value is -4.48. The summed E-state index contributed by atoms with van der Waals surface area (Å²) >= 11 is 0. The first-order chi connectivity index (χ1) is 21.2. The molecule has 1 aromatic carbocycles. The molecule has 6 rings (SSSR count). The molecule has 2 aliphatic heterocycles. The maximum atomic E-state index is 15.2. The number of carbonyl (C=O) groups excluding carboxylic acids is 1. The number of ether oxygens (including phenoxy) is 1. The second-order valence-corrected chi connectivity index (χ2v) is 11.6. The topological polar surface area (TPSA) is 103 Å². The van der Waals surface area contributed by atoms with Gasteiger partial charge in [0.1, 0.15) is 35.4 Å². The predicted octanol–water partition coefficient (Wildman–Crippen LogP) is 4.14. The summed E-state index contributed by atoms with van der Waals surface area (Å²) < 4.78 is 22.4. The standard InChI is InChI=1S/C33H37FN6O4/c1-37(2)12-13-44-23-8-9-31(35-17-23)36-27-14-21(18-38(3)33(27)43)25-15-22(34)16-29(26(25)20-41)39-10-11-40-28-7-5-4-6-24(28)32(42)30(40)19-39/h8-9,14-19,41H,4-7,10-13,20H2,1-3H3,(H,35,36). The van der Waals surface area contributed by atoms with Crippen LogP contribution < -0.4 is 20.5 Å². The van der Waals surface area contributed by atoms with E-state index in [-0.39, 0.29) is 23.6 Å². The molecule has 3 aliphatic rings. The Morgan fingerprint density at radius 2 is 1.93 bits per heavy atom. The molecule has 10 nitrogen and oxygen atoms in total. The minimum Gasteiger partial charge on any atom is -0.491 e. The number of hydrogen-bond donors (Lipinski definition) is 2. The van der Waals surface area contributed by atoms with Crippen LogP contribution in [0.2, 0.25) is 0 Å². The van der Waals surface area contributed by atoms with Crippen LogP contribution in [-0.4, -0.2) is 70.6 Å². The average molecular weight is 601 g/mol. The van der Waals surface area contributed by atoms with Crippen molar-refractivity contribution in [3.05, 3.63) is 87.6 Å². The van der Waals surface area contributed by atoms with Crippen molar-refractivity contribution < 1.29 is 19.0 Å². The molecule has 0 fully saturated rings. The highest BCUT2D eigenvalue weighted by Crippen LogP contribution is 2.41. The molecule has 0 amide bonds. The number of aliphatic hydroxyl groups is 1. The summed E-state index contributed by atoms with van der Waals surface area (Å²) in [6.45, 7) is 2.07. The largest absolute Gasteiger partial charge is 0.491 e. The number of aryl methyl sites for hydroxylation is 1. The van der Waals surface area contributed by atoms with E-state index in [1.54, 1.807) is 43.8 Å². The zero-order chi connectivity index (χ0) is 31.0. The second-order valence-electron chi connectivity index (χ2n) is 11.6. The number of aromatic nitrogens is 2. The molecule has 0 saturated carbocycles. The molecule has 2 aromatic heterocycles. The van der Waals surface area contributed by atoms with E-state index in [1.165, 1.54) is 16.7 Å². The molecule has 0 saturated heterocycles. The molecule has 4 heterocycles. The minimum absolute atomic E-state index is 0.0436. The lowest BCUT2D eigenvalue weighted by Crippen LogP contribution is -2.37. The first-order valence-corrected chi connectivity index (χ1v) is 14.9. The van der Waals surface area contributed by atoms with Gasteiger partial charge in [-0.05, 0) is 75.7 Å². The first-order valence-electron chi connectivity index (χ1n) is 14.9. The van der Waals surface area contributed by atoms with Crippen molar-refractivity contribution in [2.75, 3.05) is 50.6 Å². The zero-order valence-corrected chi connectivity index (χ0v) is 25.3. The average Bonchev–Trinajstić information content (AvgIpc) is 3.30. The van der Waals surface area contributed by atoms with E-state index < -0.39 is 5.82 Å². The van der Waals surface area contributed by atoms with Crippen molar-refractivity contribution >= 4 is 23.0 Å². The smallest absolute Gasteiger partial charge is 0.274 e. The molecular formula is C33H37FN6O4. The van der Waals surface area contributed by atoms with Gasteiger partial charge in [-0.15, -0.1) is 0 Å². The lowest BCUT2D eigenvalue weighted by molar-refractivity contribution is -0.112. The Morgan fingerprint density at radius 1 is 1.11 bits per heavy atom. The summed E-state index contributed by atoms with van der Waals surface area (Å²) in [6.07, 6.45) is 8.78. The van der Waals surface area contributed by atoms with Gasteiger partial charge in [0.2, 0.25) is 5.78 Å². The molecule has 0 radical (unpaired) electrons. The number of pyridine rings is 2. The highest BCUT2D eigenvalue weighted by atomic mass is 19.1. The van der Waals surface area contributed by atoms with Crippen LogP contribution in [0.1, 0.15) is 31.2 Å². The quantitative estimate of drug-likeness (QED) is 0.375. The molecule has 230 valence electrons. The molecule has 0 atom stereocenters. The third kappa shape index (κ3) is 5.72. The summed E-state index contributed by atoms with van der Waals surface area (Å²) in [6, 6.07) is 7.89. The number of halogens is 1. The molecule has 2 N–H and O–H groups in total. The Morgan fingerprint density at radius 3 is 2.68 bits per heavy atom. The number of carbonyl (C=O) groups is 1. The third-order valence-electron chi connectivity index (χ3n) is 8.36. The van der Waals surface area contributed by atoms with Crippen molar-refractivity contribution in [1.29, 1.82) is 0 Å². The molecule has 0 unspecified atom stereocenters. The van der Waals surface area contributed by atoms with Gasteiger partial charge in [-0.1, -0.05) is 0 Å². The lowest BCUT2D eigenvalue weighted by Gasteiger charge is -2.35. The summed E-state index contributed by atoms with van der Waals surface area (Å²) in [5, 5.41) is 13.6. The number of allylic oxidation sites excluding steroid dienone is 2. The molecule has 0 spiro atoms. The maximum Gasteiger partial charge on any atom is 0.274 e. The van der Waals surface area contributed by atoms with E-state index in [2.05, 4.69) is 15.2 Å². The van der Waals surface area contributed by atoms with Crippen molar-refractivity contribution in [1.82, 2.24) is 19.4 Å². The number of Topliss-reactive ketones (excluding diaryl/α,β-unsaturated/α-hetero) is 1. The SMILES string of the molecule is CN(C)CCOc1ccc(Nc2cc(-c3cc(F)cc(N4C=C5C(=O)C6=C(CCCC6)N5CC4)c3CO)cn(C)c2=O)nc1. The van der Waals surface area contributed by atoms with Gasteiger partial charge in [-0.3, -0.25) is 9.59 Å². The van der Waals surface area contributed by atoms with Crippen LogP contribution in [0.3, 0.4) is 0 Å². The van der Waals surface area contributed by atoms with E-state index >= 15 is 4.39 Å². The zero-order valence-electron chi connectivity index (χ0n) is 25.3. The molecule has 11 heteroatoms. The maximum absolute atomic E-state index is 15.2. The van der Waals surface area contributed by atoms with Gasteiger partial charge < -0.3 is 34.4 Å². The highest BCUT2D eigenvalue weighted by molar-refractivity contribution is 6.11. The van der Waals surface area contributed by atoms with E-state index in [1.807, 2.05) is 23.9 Å². The van der Waals surface area contributed by atoms with Gasteiger partial charge in [-0.25, -0.2) is 9.37 Å². The van der Waals surface area contributed by atoms with Gasteiger partial charge in [0, 0.05) is 67.2 Å². The number of likely N-dealkylation sites (N-methyl/N-ethyl adjacent to an activating group) is 1. The summed E-state index contributed by atoms with van der Waals surface area (Å²) in [4.78, 5) is 36.7. The number of nitrogens with one attached hydrogen (secondary N) is 1. The minimum atomic E-state index is -0.488. The van der Waals surface area contributed by atoms with E-state index in [4.69, 9.17) is 4.74 Å². The van der Waals surface area contributed by atoms with E-state index in [9.17, 15) is 14.7 Å². The normalized spacial score (nSPS) is 16.3. The van der Waals surface area contributed by atoms with Gasteiger partial charge in [0.15, 0.2) is 0 Å². The molecule has 3 aromatic rings. The molecule has 0 bridgehead atoms. The van der Waals surface area contributed by atoms with Crippen LogP contribution in [0.25, 0.3) is 11.1 Å². The van der Waals surface area contributed by atoms with Crippen LogP contribution in [0, 0.1) is 5.82 Å². The molecule has 1 aliphatic carbocycles. The number of ketones is 1. The van der Waals surface area contributed by atoms with Crippen LogP contribution in [-0.2, 0) is 18.4 Å². The van der Waals surface area contributed by atoms with Gasteiger partial charge in [0.25, 0.3) is 5.56 Å². The summed E-state index contributed by atoms with van der Waals surface area (Å²) in [5.41, 5.74) is 4.58. The lowest BCUT2D eigenvalue weighted by atomic mass is 9.96. The van der Waals surface area contributed by atoms with Gasteiger partial charge >= 0.3 is 0 Å². The fourth-order valence-corrected chi connectivity index (χ4v) is 6.12. The fourth-order valence-electron chi connectivity index (χ4n) is 6.12. The number of rotatable bonds is 9. The van der Waals surface area contributed by atoms with Crippen molar-refractivity contribution in [2.45, 2.75) is 32.3 Å². The van der Waals surface area contributed by atoms with E-state index in [0.717, 1.165) is 43.5 Å². The van der Waals surface area contributed by atoms with Crippen LogP contribution >= 0.6 is 0 Å². The predicted molar refractivity (Wildman–Crippen MR) is 167 cm³/mol. The summed E-state index contributed by atoms with van der Waals surface area (Å²) in [7, 11) is 5.56. The number of fused-ring (bicyclic) bond motifs is 2. The first kappa shape index (κ1) is 29.6. The van der Waals surface area contributed by atoms with Crippen LogP contribution in [0.4, 0.5) is 21.6 Å². The molecular weight excluding hydrogens is 563 g/mol. The fraction of sp³-hybridized carbons (Fsp3) is 0.364. The van der Waals surface area contributed by atoms with Crippen molar-refractivity contribution in [3.8, 4) is 16.9 Å². The van der Waals surface area contributed by atoms with Crippen molar-refractivity contribution in [2.24, 2.45) is 7.05 Å². The number of nitrogens with zero attached hydrogens (tertiary/aromatic N) is 5.